The van der Waals surface area contributed by atoms with E-state index in [9.17, 15) is 9.59 Å². The molecule has 3 N–H and O–H groups in total. The Morgan fingerprint density at radius 2 is 1.83 bits per heavy atom. The van der Waals surface area contributed by atoms with Gasteiger partial charge in [0, 0.05) is 6.08 Å². The zero-order valence-electron chi connectivity index (χ0n) is 12.8. The lowest BCUT2D eigenvalue weighted by molar-refractivity contribution is -0.111. The fourth-order valence-corrected chi connectivity index (χ4v) is 2.00. The van der Waals surface area contributed by atoms with Gasteiger partial charge < -0.3 is 15.8 Å². The SMILES string of the molecule is CCOc1ccc(/C=C/C(=O)Nc2ccccc2C(N)=O)cc1. The van der Waals surface area contributed by atoms with Crippen LogP contribution in [0.3, 0.4) is 0 Å². The Hall–Kier alpha value is -3.08. The average molecular weight is 310 g/mol. The van der Waals surface area contributed by atoms with E-state index in [0.29, 0.717) is 12.3 Å². The molecular formula is C18H18N2O3. The van der Waals surface area contributed by atoms with Gasteiger partial charge in [0.15, 0.2) is 0 Å². The summed E-state index contributed by atoms with van der Waals surface area (Å²) in [7, 11) is 0. The molecule has 0 unspecified atom stereocenters. The smallest absolute Gasteiger partial charge is 0.250 e. The van der Waals surface area contributed by atoms with Gasteiger partial charge in [-0.3, -0.25) is 9.59 Å². The van der Waals surface area contributed by atoms with E-state index in [2.05, 4.69) is 5.32 Å². The average Bonchev–Trinajstić information content (AvgIpc) is 2.55. The second kappa shape index (κ2) is 7.79. The van der Waals surface area contributed by atoms with E-state index in [1.54, 1.807) is 30.3 Å². The Morgan fingerprint density at radius 3 is 2.48 bits per heavy atom. The Bertz CT molecular complexity index is 721. The maximum Gasteiger partial charge on any atom is 0.250 e. The van der Waals surface area contributed by atoms with Crippen LogP contribution in [0.5, 0.6) is 5.75 Å². The molecule has 0 saturated heterocycles. The number of nitrogens with one attached hydrogen (secondary N) is 1. The Morgan fingerprint density at radius 1 is 1.13 bits per heavy atom. The molecule has 2 aromatic carbocycles. The quantitative estimate of drug-likeness (QED) is 0.805. The molecule has 2 rings (SSSR count). The summed E-state index contributed by atoms with van der Waals surface area (Å²) in [6, 6.07) is 14.0. The van der Waals surface area contributed by atoms with Crippen LogP contribution in [0.4, 0.5) is 5.69 Å². The van der Waals surface area contributed by atoms with Crippen LogP contribution in [-0.2, 0) is 4.79 Å². The van der Waals surface area contributed by atoms with Gasteiger partial charge >= 0.3 is 0 Å². The van der Waals surface area contributed by atoms with Crippen molar-refractivity contribution in [1.29, 1.82) is 0 Å². The molecule has 0 spiro atoms. The molecule has 5 heteroatoms. The molecule has 0 radical (unpaired) electrons. The molecule has 118 valence electrons. The molecule has 0 bridgehead atoms. The van der Waals surface area contributed by atoms with Crippen LogP contribution < -0.4 is 15.8 Å². The highest BCUT2D eigenvalue weighted by Gasteiger charge is 2.08. The monoisotopic (exact) mass is 310 g/mol. The van der Waals surface area contributed by atoms with Crippen molar-refractivity contribution in [3.63, 3.8) is 0 Å². The molecule has 0 aliphatic heterocycles. The number of hydrogen-bond donors (Lipinski definition) is 2. The number of anilines is 1. The number of primary amides is 1. The lowest BCUT2D eigenvalue weighted by Gasteiger charge is -2.06. The van der Waals surface area contributed by atoms with Crippen molar-refractivity contribution in [3.8, 4) is 5.75 Å². The largest absolute Gasteiger partial charge is 0.494 e. The molecule has 0 saturated carbocycles. The predicted molar refractivity (Wildman–Crippen MR) is 90.2 cm³/mol. The number of ether oxygens (including phenoxy) is 1. The number of carbonyl (C=O) groups excluding carboxylic acids is 2. The first-order valence-electron chi connectivity index (χ1n) is 7.21. The summed E-state index contributed by atoms with van der Waals surface area (Å²) in [5.74, 6) is -0.145. The number of carbonyl (C=O) groups is 2. The molecule has 0 heterocycles. The summed E-state index contributed by atoms with van der Waals surface area (Å²) >= 11 is 0. The van der Waals surface area contributed by atoms with Gasteiger partial charge in [-0.1, -0.05) is 24.3 Å². The second-order valence-corrected chi connectivity index (χ2v) is 4.73. The van der Waals surface area contributed by atoms with Crippen molar-refractivity contribution < 1.29 is 14.3 Å². The van der Waals surface area contributed by atoms with Gasteiger partial charge in [0.2, 0.25) is 5.91 Å². The number of nitrogens with two attached hydrogens (primary N) is 1. The summed E-state index contributed by atoms with van der Waals surface area (Å²) in [6.07, 6.45) is 3.07. The molecule has 0 fully saturated rings. The van der Waals surface area contributed by atoms with Crippen LogP contribution >= 0.6 is 0 Å². The summed E-state index contributed by atoms with van der Waals surface area (Å²) in [4.78, 5) is 23.3. The minimum absolute atomic E-state index is 0.273. The second-order valence-electron chi connectivity index (χ2n) is 4.73. The highest BCUT2D eigenvalue weighted by atomic mass is 16.5. The van der Waals surface area contributed by atoms with Crippen molar-refractivity contribution >= 4 is 23.6 Å². The topological polar surface area (TPSA) is 81.4 Å². The first kappa shape index (κ1) is 16.3. The zero-order valence-corrected chi connectivity index (χ0v) is 12.8. The number of rotatable bonds is 6. The van der Waals surface area contributed by atoms with E-state index in [4.69, 9.17) is 10.5 Å². The van der Waals surface area contributed by atoms with Gasteiger partial charge in [-0.2, -0.15) is 0 Å². The minimum Gasteiger partial charge on any atom is -0.494 e. The van der Waals surface area contributed by atoms with Crippen LogP contribution in [0.15, 0.2) is 54.6 Å². The maximum absolute atomic E-state index is 12.0. The number of hydrogen-bond acceptors (Lipinski definition) is 3. The van der Waals surface area contributed by atoms with Gasteiger partial charge in [0.25, 0.3) is 5.91 Å². The highest BCUT2D eigenvalue weighted by molar-refractivity contribution is 6.07. The van der Waals surface area contributed by atoms with E-state index in [-0.39, 0.29) is 11.5 Å². The highest BCUT2D eigenvalue weighted by Crippen LogP contribution is 2.15. The molecule has 2 amide bonds. The third-order valence-corrected chi connectivity index (χ3v) is 3.07. The van der Waals surface area contributed by atoms with Crippen LogP contribution in [0, 0.1) is 0 Å². The molecule has 5 nitrogen and oxygen atoms in total. The van der Waals surface area contributed by atoms with Crippen molar-refractivity contribution in [2.24, 2.45) is 5.73 Å². The molecule has 23 heavy (non-hydrogen) atoms. The molecule has 2 aromatic rings. The zero-order chi connectivity index (χ0) is 16.7. The van der Waals surface area contributed by atoms with Crippen molar-refractivity contribution in [2.45, 2.75) is 6.92 Å². The van der Waals surface area contributed by atoms with E-state index >= 15 is 0 Å². The van der Waals surface area contributed by atoms with E-state index in [0.717, 1.165) is 11.3 Å². The van der Waals surface area contributed by atoms with Crippen LogP contribution in [0.1, 0.15) is 22.8 Å². The lowest BCUT2D eigenvalue weighted by atomic mass is 10.1. The number of benzene rings is 2. The molecule has 0 atom stereocenters. The summed E-state index contributed by atoms with van der Waals surface area (Å²) in [5.41, 5.74) is 6.80. The minimum atomic E-state index is -0.587. The number of para-hydroxylation sites is 1. The van der Waals surface area contributed by atoms with E-state index in [1.165, 1.54) is 6.08 Å². The van der Waals surface area contributed by atoms with Gasteiger partial charge in [-0.05, 0) is 42.8 Å². The summed E-state index contributed by atoms with van der Waals surface area (Å²) in [6.45, 7) is 2.53. The van der Waals surface area contributed by atoms with Crippen LogP contribution in [0.2, 0.25) is 0 Å². The fraction of sp³-hybridized carbons (Fsp3) is 0.111. The third-order valence-electron chi connectivity index (χ3n) is 3.07. The standard InChI is InChI=1S/C18H18N2O3/c1-2-23-14-10-7-13(8-11-14)9-12-17(21)20-16-6-4-3-5-15(16)18(19)22/h3-12H,2H2,1H3,(H2,19,22)(H,20,21)/b12-9+. The van der Waals surface area contributed by atoms with Crippen molar-refractivity contribution in [2.75, 3.05) is 11.9 Å². The Kier molecular flexibility index (Phi) is 5.52. The number of amides is 2. The first-order chi connectivity index (χ1) is 11.1. The fourth-order valence-electron chi connectivity index (χ4n) is 2.00. The molecular weight excluding hydrogens is 292 g/mol. The van der Waals surface area contributed by atoms with Gasteiger partial charge in [-0.15, -0.1) is 0 Å². The lowest BCUT2D eigenvalue weighted by Crippen LogP contribution is -2.16. The van der Waals surface area contributed by atoms with Gasteiger partial charge in [-0.25, -0.2) is 0 Å². The van der Waals surface area contributed by atoms with E-state index < -0.39 is 5.91 Å². The van der Waals surface area contributed by atoms with E-state index in [1.807, 2.05) is 31.2 Å². The normalized spacial score (nSPS) is 10.5. The van der Waals surface area contributed by atoms with Crippen LogP contribution in [-0.4, -0.2) is 18.4 Å². The van der Waals surface area contributed by atoms with Gasteiger partial charge in [0.1, 0.15) is 5.75 Å². The van der Waals surface area contributed by atoms with Crippen molar-refractivity contribution in [1.82, 2.24) is 0 Å². The summed E-state index contributed by atoms with van der Waals surface area (Å²) < 4.78 is 5.35. The Balaban J connectivity index is 2.03. The summed E-state index contributed by atoms with van der Waals surface area (Å²) in [5, 5.41) is 2.64. The van der Waals surface area contributed by atoms with Gasteiger partial charge in [0.05, 0.1) is 17.9 Å². The molecule has 0 aliphatic rings. The molecule has 0 aromatic heterocycles. The third kappa shape index (κ3) is 4.71. The molecule has 0 aliphatic carbocycles. The maximum atomic E-state index is 12.0. The Labute approximate surface area is 134 Å². The van der Waals surface area contributed by atoms with Crippen LogP contribution in [0.25, 0.3) is 6.08 Å². The predicted octanol–water partition coefficient (Wildman–Crippen LogP) is 2.84. The first-order valence-corrected chi connectivity index (χ1v) is 7.21. The van der Waals surface area contributed by atoms with Crippen molar-refractivity contribution in [3.05, 3.63) is 65.7 Å².